The van der Waals surface area contributed by atoms with Crippen LogP contribution in [0, 0.1) is 0 Å². The average Bonchev–Trinajstić information content (AvgIpc) is 3.00. The molecule has 0 spiro atoms. The predicted octanol–water partition coefficient (Wildman–Crippen LogP) is 0.968. The number of esters is 1. The van der Waals surface area contributed by atoms with Crippen molar-refractivity contribution in [3.8, 4) is 0 Å². The third kappa shape index (κ3) is 2.71. The number of rotatable bonds is 3. The second-order valence-corrected chi connectivity index (χ2v) is 5.91. The number of piperazine rings is 1. The molecule has 0 bridgehead atoms. The number of ether oxygens (including phenoxy) is 1. The Morgan fingerprint density at radius 2 is 2.33 bits per heavy atom. The summed E-state index contributed by atoms with van der Waals surface area (Å²) in [5.41, 5.74) is 1.67. The van der Waals surface area contributed by atoms with Gasteiger partial charge in [-0.25, -0.2) is 9.78 Å². The number of carbonyl (C=O) groups excluding carboxylic acids is 1. The average molecular weight is 306 g/mol. The van der Waals surface area contributed by atoms with Crippen LogP contribution >= 0.6 is 11.3 Å². The first-order valence-corrected chi connectivity index (χ1v) is 7.88. The van der Waals surface area contributed by atoms with Crippen LogP contribution in [0.15, 0.2) is 27.8 Å². The van der Waals surface area contributed by atoms with E-state index in [4.69, 9.17) is 4.74 Å². The van der Waals surface area contributed by atoms with Gasteiger partial charge < -0.3 is 9.64 Å². The maximum atomic E-state index is 12.1. The molecule has 3 heterocycles. The van der Waals surface area contributed by atoms with E-state index in [1.54, 1.807) is 17.5 Å². The summed E-state index contributed by atoms with van der Waals surface area (Å²) >= 11 is 1.57. The molecule has 0 aliphatic carbocycles. The second kappa shape index (κ2) is 5.95. The molecule has 112 valence electrons. The van der Waals surface area contributed by atoms with Crippen molar-refractivity contribution in [1.82, 2.24) is 14.8 Å². The highest BCUT2D eigenvalue weighted by Gasteiger charge is 2.33. The van der Waals surface area contributed by atoms with Crippen LogP contribution in [0.1, 0.15) is 11.9 Å². The van der Waals surface area contributed by atoms with E-state index in [1.165, 1.54) is 0 Å². The van der Waals surface area contributed by atoms with Gasteiger partial charge in [-0.1, -0.05) is 0 Å². The number of fused-ring (bicyclic) bond motifs is 1. The van der Waals surface area contributed by atoms with Crippen LogP contribution in [0.4, 0.5) is 0 Å². The fraction of sp³-hybridized carbons (Fsp3) is 0.500. The number of aromatic nitrogens is 1. The second-order valence-electron chi connectivity index (χ2n) is 5.01. The number of carbonyl (C=O) groups is 1. The summed E-state index contributed by atoms with van der Waals surface area (Å²) in [4.78, 5) is 25.4. The van der Waals surface area contributed by atoms with E-state index < -0.39 is 0 Å². The molecule has 2 aliphatic rings. The van der Waals surface area contributed by atoms with Crippen molar-refractivity contribution in [2.45, 2.75) is 6.92 Å². The summed E-state index contributed by atoms with van der Waals surface area (Å²) in [6.45, 7) is 5.05. The summed E-state index contributed by atoms with van der Waals surface area (Å²) in [5.74, 6) is 0.621. The van der Waals surface area contributed by atoms with Gasteiger partial charge in [-0.3, -0.25) is 9.89 Å². The molecule has 0 saturated carbocycles. The summed E-state index contributed by atoms with van der Waals surface area (Å²) in [7, 11) is 2.06. The number of nitrogens with zero attached hydrogens (tertiary/aromatic N) is 4. The standard InChI is InChI=1S/C14H18N4O2S/c1-3-20-14(19)10-8-16-12(13-15-4-7-21-13)18-6-5-17(2)9-11(10)18/h4,7H,3,5-6,8-9H2,1-2H3. The van der Waals surface area contributed by atoms with Crippen molar-refractivity contribution in [2.24, 2.45) is 4.99 Å². The molecule has 1 aromatic rings. The zero-order valence-electron chi connectivity index (χ0n) is 12.2. The van der Waals surface area contributed by atoms with E-state index in [9.17, 15) is 4.79 Å². The van der Waals surface area contributed by atoms with Gasteiger partial charge in [-0.15, -0.1) is 11.3 Å². The quantitative estimate of drug-likeness (QED) is 0.779. The number of hydrogen-bond acceptors (Lipinski definition) is 7. The molecule has 0 aromatic carbocycles. The van der Waals surface area contributed by atoms with Crippen LogP contribution in [0.3, 0.4) is 0 Å². The number of aliphatic imine (C=N–C) groups is 1. The highest BCUT2D eigenvalue weighted by atomic mass is 32.1. The number of hydrogen-bond donors (Lipinski definition) is 0. The SMILES string of the molecule is CCOC(=O)C1=C2CN(C)CCN2C(c2nccs2)=NC1. The van der Waals surface area contributed by atoms with E-state index in [2.05, 4.69) is 26.8 Å². The first-order chi connectivity index (χ1) is 10.2. The van der Waals surface area contributed by atoms with Crippen LogP contribution in [0.5, 0.6) is 0 Å². The number of thiazole rings is 1. The van der Waals surface area contributed by atoms with Gasteiger partial charge in [-0.05, 0) is 14.0 Å². The maximum Gasteiger partial charge on any atom is 0.337 e. The largest absolute Gasteiger partial charge is 0.463 e. The topological polar surface area (TPSA) is 58.0 Å². The highest BCUT2D eigenvalue weighted by Crippen LogP contribution is 2.25. The highest BCUT2D eigenvalue weighted by molar-refractivity contribution is 7.11. The Hall–Kier alpha value is -1.73. The molecule has 0 unspecified atom stereocenters. The van der Waals surface area contributed by atoms with E-state index in [-0.39, 0.29) is 5.97 Å². The lowest BCUT2D eigenvalue weighted by Gasteiger charge is -2.39. The smallest absolute Gasteiger partial charge is 0.337 e. The summed E-state index contributed by atoms with van der Waals surface area (Å²) < 4.78 is 5.17. The number of likely N-dealkylation sites (N-methyl/N-ethyl adjacent to an activating group) is 1. The molecule has 1 saturated heterocycles. The minimum atomic E-state index is -0.255. The normalized spacial score (nSPS) is 19.3. The third-order valence-electron chi connectivity index (χ3n) is 3.59. The molecule has 0 radical (unpaired) electrons. The van der Waals surface area contributed by atoms with Gasteiger partial charge in [0.25, 0.3) is 0 Å². The maximum absolute atomic E-state index is 12.1. The molecule has 2 aliphatic heterocycles. The summed E-state index contributed by atoms with van der Waals surface area (Å²) in [5, 5.41) is 2.85. The minimum Gasteiger partial charge on any atom is -0.463 e. The fourth-order valence-electron chi connectivity index (χ4n) is 2.57. The lowest BCUT2D eigenvalue weighted by molar-refractivity contribution is -0.138. The Morgan fingerprint density at radius 3 is 3.05 bits per heavy atom. The van der Waals surface area contributed by atoms with Crippen molar-refractivity contribution in [3.63, 3.8) is 0 Å². The zero-order chi connectivity index (χ0) is 14.8. The molecule has 0 atom stereocenters. The Bertz CT molecular complexity index is 594. The van der Waals surface area contributed by atoms with Gasteiger partial charge in [0.2, 0.25) is 0 Å². The Labute approximate surface area is 127 Å². The Morgan fingerprint density at radius 1 is 1.48 bits per heavy atom. The zero-order valence-corrected chi connectivity index (χ0v) is 13.0. The molecule has 0 N–H and O–H groups in total. The molecule has 21 heavy (non-hydrogen) atoms. The minimum absolute atomic E-state index is 0.255. The monoisotopic (exact) mass is 306 g/mol. The van der Waals surface area contributed by atoms with E-state index in [0.717, 1.165) is 36.2 Å². The summed E-state index contributed by atoms with van der Waals surface area (Å²) in [6, 6.07) is 0. The lowest BCUT2D eigenvalue weighted by Crippen LogP contribution is -2.49. The van der Waals surface area contributed by atoms with Crippen molar-refractivity contribution >= 4 is 23.1 Å². The van der Waals surface area contributed by atoms with Crippen molar-refractivity contribution in [1.29, 1.82) is 0 Å². The first-order valence-electron chi connectivity index (χ1n) is 7.00. The van der Waals surface area contributed by atoms with Crippen molar-refractivity contribution < 1.29 is 9.53 Å². The van der Waals surface area contributed by atoms with Gasteiger partial charge in [0.1, 0.15) is 0 Å². The van der Waals surface area contributed by atoms with Gasteiger partial charge in [0.15, 0.2) is 10.8 Å². The van der Waals surface area contributed by atoms with Crippen LogP contribution in [0.2, 0.25) is 0 Å². The lowest BCUT2D eigenvalue weighted by atomic mass is 10.1. The molecule has 0 amide bonds. The van der Waals surface area contributed by atoms with Crippen LogP contribution < -0.4 is 0 Å². The van der Waals surface area contributed by atoms with Gasteiger partial charge in [0, 0.05) is 36.9 Å². The van der Waals surface area contributed by atoms with Gasteiger partial charge in [-0.2, -0.15) is 0 Å². The van der Waals surface area contributed by atoms with Crippen LogP contribution in [-0.4, -0.2) is 66.4 Å². The van der Waals surface area contributed by atoms with Gasteiger partial charge >= 0.3 is 5.97 Å². The van der Waals surface area contributed by atoms with E-state index in [0.29, 0.717) is 18.7 Å². The molecule has 1 aromatic heterocycles. The van der Waals surface area contributed by atoms with E-state index in [1.807, 2.05) is 12.3 Å². The molecule has 1 fully saturated rings. The fourth-order valence-corrected chi connectivity index (χ4v) is 3.22. The Kier molecular flexibility index (Phi) is 4.03. The molecule has 6 nitrogen and oxygen atoms in total. The third-order valence-corrected chi connectivity index (χ3v) is 4.36. The van der Waals surface area contributed by atoms with Crippen molar-refractivity contribution in [2.75, 3.05) is 39.8 Å². The number of amidine groups is 1. The Balaban J connectivity index is 1.95. The molecular formula is C14H18N4O2S. The van der Waals surface area contributed by atoms with Crippen molar-refractivity contribution in [3.05, 3.63) is 27.9 Å². The molecular weight excluding hydrogens is 288 g/mol. The summed E-state index contributed by atoms with van der Waals surface area (Å²) in [6.07, 6.45) is 1.78. The van der Waals surface area contributed by atoms with Crippen LogP contribution in [-0.2, 0) is 9.53 Å². The first kappa shape index (κ1) is 14.2. The molecule has 7 heteroatoms. The predicted molar refractivity (Wildman–Crippen MR) is 81.4 cm³/mol. The van der Waals surface area contributed by atoms with Crippen LogP contribution in [0.25, 0.3) is 0 Å². The van der Waals surface area contributed by atoms with Gasteiger partial charge in [0.05, 0.1) is 18.7 Å². The molecule has 3 rings (SSSR count). The van der Waals surface area contributed by atoms with E-state index >= 15 is 0 Å².